The maximum Gasteiger partial charge on any atom is 0.0951 e. The fourth-order valence-electron chi connectivity index (χ4n) is 1.71. The molecule has 92 valence electrons. The Bertz CT molecular complexity index is 422. The van der Waals surface area contributed by atoms with Crippen LogP contribution in [0.5, 0.6) is 0 Å². The first-order valence-electron chi connectivity index (χ1n) is 6.06. The fourth-order valence-corrected chi connectivity index (χ4v) is 2.68. The van der Waals surface area contributed by atoms with Crippen LogP contribution in [0.4, 0.5) is 0 Å². The van der Waals surface area contributed by atoms with Crippen LogP contribution in [0.3, 0.4) is 0 Å². The third-order valence-electron chi connectivity index (χ3n) is 2.62. The zero-order valence-electron chi connectivity index (χ0n) is 9.85. The van der Waals surface area contributed by atoms with Gasteiger partial charge in [0, 0.05) is 19.6 Å². The van der Waals surface area contributed by atoms with E-state index in [4.69, 9.17) is 5.11 Å². The van der Waals surface area contributed by atoms with Crippen LogP contribution in [-0.4, -0.2) is 29.8 Å². The molecule has 3 nitrogen and oxygen atoms in total. The number of aromatic nitrogens is 1. The maximum absolute atomic E-state index is 8.65. The summed E-state index contributed by atoms with van der Waals surface area (Å²) in [4.78, 5) is 4.59. The molecule has 0 amide bonds. The van der Waals surface area contributed by atoms with Crippen molar-refractivity contribution in [2.75, 3.05) is 19.7 Å². The molecule has 2 aromatic rings. The fraction of sp³-hybridized carbons (Fsp3) is 0.462. The number of aliphatic hydroxyl groups excluding tert-OH is 1. The first-order valence-corrected chi connectivity index (χ1v) is 6.88. The van der Waals surface area contributed by atoms with Crippen molar-refractivity contribution in [3.05, 3.63) is 29.3 Å². The zero-order chi connectivity index (χ0) is 11.9. The Morgan fingerprint density at radius 1 is 1.18 bits per heavy atom. The molecule has 0 unspecified atom stereocenters. The maximum atomic E-state index is 8.65. The van der Waals surface area contributed by atoms with Gasteiger partial charge < -0.3 is 10.4 Å². The van der Waals surface area contributed by atoms with Crippen LogP contribution < -0.4 is 5.32 Å². The summed E-state index contributed by atoms with van der Waals surface area (Å²) in [6.45, 7) is 2.23. The molecule has 17 heavy (non-hydrogen) atoms. The summed E-state index contributed by atoms with van der Waals surface area (Å²) in [6, 6.07) is 8.26. The third-order valence-corrected chi connectivity index (χ3v) is 3.71. The van der Waals surface area contributed by atoms with Crippen LogP contribution in [-0.2, 0) is 6.42 Å². The van der Waals surface area contributed by atoms with Crippen LogP contribution >= 0.6 is 11.3 Å². The van der Waals surface area contributed by atoms with Gasteiger partial charge in [0.25, 0.3) is 0 Å². The molecule has 0 fully saturated rings. The highest BCUT2D eigenvalue weighted by Crippen LogP contribution is 2.21. The number of benzene rings is 1. The number of aliphatic hydroxyl groups is 1. The van der Waals surface area contributed by atoms with Gasteiger partial charge in [-0.2, -0.15) is 0 Å². The lowest BCUT2D eigenvalue weighted by molar-refractivity contribution is 0.284. The minimum absolute atomic E-state index is 0.291. The van der Waals surface area contributed by atoms with E-state index in [1.807, 2.05) is 6.07 Å². The SMILES string of the molecule is OCCCCNCCc1nc2ccccc2s1. The van der Waals surface area contributed by atoms with E-state index in [0.29, 0.717) is 6.61 Å². The van der Waals surface area contributed by atoms with Gasteiger partial charge in [-0.25, -0.2) is 4.98 Å². The zero-order valence-corrected chi connectivity index (χ0v) is 10.7. The molecule has 0 spiro atoms. The van der Waals surface area contributed by atoms with Gasteiger partial charge in [-0.1, -0.05) is 12.1 Å². The van der Waals surface area contributed by atoms with E-state index in [1.165, 1.54) is 9.71 Å². The molecule has 0 aliphatic carbocycles. The van der Waals surface area contributed by atoms with Crippen LogP contribution in [0.25, 0.3) is 10.2 Å². The number of thiazole rings is 1. The lowest BCUT2D eigenvalue weighted by Crippen LogP contribution is -2.18. The normalized spacial score (nSPS) is 11.1. The number of hydrogen-bond donors (Lipinski definition) is 2. The smallest absolute Gasteiger partial charge is 0.0951 e. The second kappa shape index (κ2) is 6.69. The van der Waals surface area contributed by atoms with E-state index in [2.05, 4.69) is 28.5 Å². The summed E-state index contributed by atoms with van der Waals surface area (Å²) in [5.41, 5.74) is 1.10. The Morgan fingerprint density at radius 2 is 2.06 bits per heavy atom. The number of hydrogen-bond acceptors (Lipinski definition) is 4. The predicted molar refractivity (Wildman–Crippen MR) is 72.5 cm³/mol. The highest BCUT2D eigenvalue weighted by Gasteiger charge is 2.01. The standard InChI is InChI=1S/C13H18N2OS/c16-10-4-3-8-14-9-7-13-15-11-5-1-2-6-12(11)17-13/h1-2,5-6,14,16H,3-4,7-10H2. The monoisotopic (exact) mass is 250 g/mol. The van der Waals surface area contributed by atoms with Gasteiger partial charge in [0.15, 0.2) is 0 Å². The van der Waals surface area contributed by atoms with Crippen molar-refractivity contribution in [1.82, 2.24) is 10.3 Å². The molecular formula is C13H18N2OS. The molecule has 1 heterocycles. The largest absolute Gasteiger partial charge is 0.396 e. The van der Waals surface area contributed by atoms with Crippen molar-refractivity contribution in [3.8, 4) is 0 Å². The highest BCUT2D eigenvalue weighted by molar-refractivity contribution is 7.18. The van der Waals surface area contributed by atoms with Crippen LogP contribution in [0, 0.1) is 0 Å². The minimum Gasteiger partial charge on any atom is -0.396 e. The second-order valence-corrected chi connectivity index (χ2v) is 5.12. The van der Waals surface area contributed by atoms with E-state index >= 15 is 0 Å². The molecule has 2 rings (SSSR count). The number of nitrogens with zero attached hydrogens (tertiary/aromatic N) is 1. The van der Waals surface area contributed by atoms with Crippen molar-refractivity contribution in [2.24, 2.45) is 0 Å². The topological polar surface area (TPSA) is 45.1 Å². The van der Waals surface area contributed by atoms with Gasteiger partial charge in [0.05, 0.1) is 15.2 Å². The van der Waals surface area contributed by atoms with Gasteiger partial charge in [-0.15, -0.1) is 11.3 Å². The van der Waals surface area contributed by atoms with Crippen molar-refractivity contribution in [1.29, 1.82) is 0 Å². The van der Waals surface area contributed by atoms with Crippen LogP contribution in [0.15, 0.2) is 24.3 Å². The van der Waals surface area contributed by atoms with Crippen molar-refractivity contribution in [3.63, 3.8) is 0 Å². The van der Waals surface area contributed by atoms with Crippen LogP contribution in [0.1, 0.15) is 17.8 Å². The Balaban J connectivity index is 1.75. The first kappa shape index (κ1) is 12.5. The summed E-state index contributed by atoms with van der Waals surface area (Å²) < 4.78 is 1.27. The average molecular weight is 250 g/mol. The molecule has 0 aliphatic heterocycles. The number of fused-ring (bicyclic) bond motifs is 1. The molecule has 0 bridgehead atoms. The van der Waals surface area contributed by atoms with Crippen molar-refractivity contribution >= 4 is 21.6 Å². The lowest BCUT2D eigenvalue weighted by atomic mass is 10.3. The molecule has 0 atom stereocenters. The summed E-state index contributed by atoms with van der Waals surface area (Å²) in [6.07, 6.45) is 2.91. The molecule has 0 saturated carbocycles. The number of rotatable bonds is 7. The average Bonchev–Trinajstić information content (AvgIpc) is 2.76. The van der Waals surface area contributed by atoms with Gasteiger partial charge in [-0.05, 0) is 31.5 Å². The van der Waals surface area contributed by atoms with E-state index in [9.17, 15) is 0 Å². The quantitative estimate of drug-likeness (QED) is 0.741. The molecule has 1 aromatic carbocycles. The molecule has 0 radical (unpaired) electrons. The predicted octanol–water partition coefficient (Wildman–Crippen LogP) is 2.20. The van der Waals surface area contributed by atoms with Gasteiger partial charge >= 0.3 is 0 Å². The Labute approximate surface area is 106 Å². The van der Waals surface area contributed by atoms with Gasteiger partial charge in [0.2, 0.25) is 0 Å². The number of nitrogens with one attached hydrogen (secondary N) is 1. The first-order chi connectivity index (χ1) is 8.40. The summed E-state index contributed by atoms with van der Waals surface area (Å²) in [5, 5.41) is 13.2. The molecule has 4 heteroatoms. The molecular weight excluding hydrogens is 232 g/mol. The second-order valence-electron chi connectivity index (χ2n) is 4.01. The highest BCUT2D eigenvalue weighted by atomic mass is 32.1. The molecule has 0 saturated heterocycles. The summed E-state index contributed by atoms with van der Waals surface area (Å²) >= 11 is 1.77. The van der Waals surface area contributed by atoms with Crippen molar-refractivity contribution < 1.29 is 5.11 Å². The summed E-state index contributed by atoms with van der Waals surface area (Å²) in [5.74, 6) is 0. The number of para-hydroxylation sites is 1. The van der Waals surface area contributed by atoms with Gasteiger partial charge in [-0.3, -0.25) is 0 Å². The van der Waals surface area contributed by atoms with Gasteiger partial charge in [0.1, 0.15) is 0 Å². The summed E-state index contributed by atoms with van der Waals surface area (Å²) in [7, 11) is 0. The number of unbranched alkanes of at least 4 members (excludes halogenated alkanes) is 1. The third kappa shape index (κ3) is 3.77. The lowest BCUT2D eigenvalue weighted by Gasteiger charge is -2.01. The van der Waals surface area contributed by atoms with E-state index in [0.717, 1.165) is 37.9 Å². The Kier molecular flexibility index (Phi) is 4.91. The van der Waals surface area contributed by atoms with E-state index in [1.54, 1.807) is 11.3 Å². The van der Waals surface area contributed by atoms with Crippen molar-refractivity contribution in [2.45, 2.75) is 19.3 Å². The Morgan fingerprint density at radius 3 is 2.88 bits per heavy atom. The van der Waals surface area contributed by atoms with E-state index in [-0.39, 0.29) is 0 Å². The van der Waals surface area contributed by atoms with E-state index < -0.39 is 0 Å². The van der Waals surface area contributed by atoms with Crippen LogP contribution in [0.2, 0.25) is 0 Å². The Hall–Kier alpha value is -0.970. The molecule has 1 aromatic heterocycles. The molecule has 0 aliphatic rings. The molecule has 2 N–H and O–H groups in total. The minimum atomic E-state index is 0.291.